The highest BCUT2D eigenvalue weighted by molar-refractivity contribution is 5.96. The maximum absolute atomic E-state index is 14.2. The Morgan fingerprint density at radius 1 is 1.16 bits per heavy atom. The number of amides is 3. The lowest BCUT2D eigenvalue weighted by molar-refractivity contribution is -0.146. The predicted molar refractivity (Wildman–Crippen MR) is 157 cm³/mol. The summed E-state index contributed by atoms with van der Waals surface area (Å²) in [4.78, 5) is 54.4. The summed E-state index contributed by atoms with van der Waals surface area (Å²) in [6.45, 7) is 9.30. The van der Waals surface area contributed by atoms with E-state index in [-0.39, 0.29) is 25.5 Å². The summed E-state index contributed by atoms with van der Waals surface area (Å²) in [6, 6.07) is 7.12. The molecule has 1 aromatic carbocycles. The summed E-state index contributed by atoms with van der Waals surface area (Å²) in [7, 11) is 0. The Hall–Kier alpha value is -4.22. The summed E-state index contributed by atoms with van der Waals surface area (Å²) in [6.07, 6.45) is 6.41. The fraction of sp³-hybridized carbons (Fsp3) is 0.548. The molecule has 12 nitrogen and oxygen atoms in total. The number of carboxylic acids is 1. The second kappa shape index (κ2) is 11.8. The van der Waals surface area contributed by atoms with E-state index in [0.29, 0.717) is 5.69 Å². The second-order valence-corrected chi connectivity index (χ2v) is 12.9. The Bertz CT molecular complexity index is 1380. The van der Waals surface area contributed by atoms with Crippen LogP contribution >= 0.6 is 0 Å². The second-order valence-electron chi connectivity index (χ2n) is 12.9. The number of aromatic nitrogens is 3. The van der Waals surface area contributed by atoms with Gasteiger partial charge >= 0.3 is 12.1 Å². The van der Waals surface area contributed by atoms with Crippen molar-refractivity contribution in [3.05, 3.63) is 49.2 Å². The van der Waals surface area contributed by atoms with E-state index in [1.54, 1.807) is 10.9 Å². The maximum atomic E-state index is 14.2. The lowest BCUT2D eigenvalue weighted by atomic mass is 9.85. The zero-order valence-electron chi connectivity index (χ0n) is 24.9. The van der Waals surface area contributed by atoms with E-state index in [1.807, 2.05) is 51.1 Å². The molecule has 0 unspecified atom stereocenters. The van der Waals surface area contributed by atoms with Crippen molar-refractivity contribution in [3.8, 4) is 11.3 Å². The monoisotopic (exact) mass is 592 g/mol. The molecule has 0 spiro atoms. The predicted octanol–water partition coefficient (Wildman–Crippen LogP) is 3.32. The summed E-state index contributed by atoms with van der Waals surface area (Å²) in [5.41, 5.74) is -0.649. The van der Waals surface area contributed by atoms with Gasteiger partial charge in [-0.2, -0.15) is 0 Å². The van der Waals surface area contributed by atoms with Crippen LogP contribution in [-0.4, -0.2) is 79.1 Å². The fourth-order valence-corrected chi connectivity index (χ4v) is 6.14. The molecule has 3 N–H and O–H groups in total. The van der Waals surface area contributed by atoms with Crippen LogP contribution < -0.4 is 10.6 Å². The summed E-state index contributed by atoms with van der Waals surface area (Å²) in [5.74, 6) is -2.59. The first-order valence-electron chi connectivity index (χ1n) is 14.9. The SMILES string of the molecule is C=C[C@@H]1C[C@]1(NC(=O)[C@@H]1C[C@@H](n2cc(-c3ccccc3)nn2)CN1C(=O)[C@@H](NC(=O)OC1CCCC1)C(C)(C)C)C(=O)O. The molecule has 1 aromatic heterocycles. The van der Waals surface area contributed by atoms with E-state index in [1.165, 1.54) is 11.0 Å². The molecule has 3 amide bonds. The van der Waals surface area contributed by atoms with E-state index >= 15 is 0 Å². The summed E-state index contributed by atoms with van der Waals surface area (Å²) < 4.78 is 7.23. The Balaban J connectivity index is 1.40. The van der Waals surface area contributed by atoms with Gasteiger partial charge < -0.3 is 25.4 Å². The quantitative estimate of drug-likeness (QED) is 0.375. The standard InChI is InChI=1S/C31H40N6O6/c1-5-20-16-31(20,28(40)41)33-26(38)24-15-21(37-18-23(34-35-37)19-11-7-6-8-12-19)17-36(24)27(39)25(30(2,3)4)32-29(42)43-22-13-9-10-14-22/h5-8,11-12,18,20-22,24-25H,1,9-10,13-17H2,2-4H3,(H,32,42)(H,33,38)(H,40,41)/t20-,21-,24+,25-,31-/m1/s1. The molecule has 2 heterocycles. The van der Waals surface area contributed by atoms with Crippen LogP contribution in [0.15, 0.2) is 49.2 Å². The number of nitrogens with zero attached hydrogens (tertiary/aromatic N) is 4. The third kappa shape index (κ3) is 6.28. The Labute approximate surface area is 250 Å². The van der Waals surface area contributed by atoms with Crippen LogP contribution in [0.2, 0.25) is 0 Å². The first kappa shape index (κ1) is 30.2. The molecule has 1 aliphatic heterocycles. The minimum absolute atomic E-state index is 0.116. The van der Waals surface area contributed by atoms with Crippen LogP contribution in [0.4, 0.5) is 4.79 Å². The third-order valence-electron chi connectivity index (χ3n) is 8.80. The van der Waals surface area contributed by atoms with Crippen molar-refractivity contribution in [1.29, 1.82) is 0 Å². The van der Waals surface area contributed by atoms with Gasteiger partial charge in [0, 0.05) is 24.4 Å². The van der Waals surface area contributed by atoms with E-state index in [0.717, 1.165) is 31.2 Å². The molecule has 43 heavy (non-hydrogen) atoms. The molecule has 0 radical (unpaired) electrons. The number of likely N-dealkylation sites (tertiary alicyclic amines) is 1. The average Bonchev–Trinajstić information content (AvgIpc) is 3.43. The normalized spacial score (nSPS) is 26.0. The van der Waals surface area contributed by atoms with Crippen LogP contribution in [0.5, 0.6) is 0 Å². The van der Waals surface area contributed by atoms with E-state index in [9.17, 15) is 24.3 Å². The fourth-order valence-electron chi connectivity index (χ4n) is 6.14. The highest BCUT2D eigenvalue weighted by atomic mass is 16.6. The number of nitrogens with one attached hydrogen (secondary N) is 2. The van der Waals surface area contributed by atoms with Gasteiger partial charge in [-0.25, -0.2) is 14.3 Å². The largest absolute Gasteiger partial charge is 0.479 e. The smallest absolute Gasteiger partial charge is 0.408 e. The number of alkyl carbamates (subject to hydrolysis) is 1. The number of hydrogen-bond donors (Lipinski definition) is 3. The number of benzene rings is 1. The van der Waals surface area contributed by atoms with Gasteiger partial charge in [0.2, 0.25) is 11.8 Å². The number of carbonyl (C=O) groups is 4. The van der Waals surface area contributed by atoms with Gasteiger partial charge in [-0.15, -0.1) is 11.7 Å². The van der Waals surface area contributed by atoms with Gasteiger partial charge in [-0.05, 0) is 37.5 Å². The Morgan fingerprint density at radius 2 is 1.86 bits per heavy atom. The molecule has 0 bridgehead atoms. The first-order chi connectivity index (χ1) is 20.4. The minimum Gasteiger partial charge on any atom is -0.479 e. The number of aliphatic carboxylic acids is 1. The van der Waals surface area contributed by atoms with Gasteiger partial charge in [-0.1, -0.05) is 62.4 Å². The van der Waals surface area contributed by atoms with Gasteiger partial charge in [0.05, 0.1) is 12.2 Å². The van der Waals surface area contributed by atoms with Crippen molar-refractivity contribution >= 4 is 23.9 Å². The highest BCUT2D eigenvalue weighted by Crippen LogP contribution is 2.45. The molecule has 3 fully saturated rings. The Morgan fingerprint density at radius 3 is 2.47 bits per heavy atom. The first-order valence-corrected chi connectivity index (χ1v) is 14.9. The third-order valence-corrected chi connectivity index (χ3v) is 8.80. The molecule has 2 saturated carbocycles. The van der Waals surface area contributed by atoms with Gasteiger partial charge in [-0.3, -0.25) is 9.59 Å². The van der Waals surface area contributed by atoms with Gasteiger partial charge in [0.15, 0.2) is 0 Å². The van der Waals surface area contributed by atoms with Crippen LogP contribution in [0.3, 0.4) is 0 Å². The lowest BCUT2D eigenvalue weighted by Gasteiger charge is -2.35. The topological polar surface area (TPSA) is 156 Å². The number of rotatable bonds is 9. The van der Waals surface area contributed by atoms with Crippen LogP contribution in [0.1, 0.15) is 65.3 Å². The van der Waals surface area contributed by atoms with Crippen LogP contribution in [-0.2, 0) is 19.1 Å². The number of carboxylic acid groups (broad SMARTS) is 1. The van der Waals surface area contributed by atoms with Crippen LogP contribution in [0.25, 0.3) is 11.3 Å². The van der Waals surface area contributed by atoms with Crippen molar-refractivity contribution in [1.82, 2.24) is 30.5 Å². The Kier molecular flexibility index (Phi) is 8.31. The molecular formula is C31H40N6O6. The van der Waals surface area contributed by atoms with E-state index in [2.05, 4.69) is 27.5 Å². The number of carbonyl (C=O) groups excluding carboxylic acids is 3. The van der Waals surface area contributed by atoms with Crippen molar-refractivity contribution in [3.63, 3.8) is 0 Å². The van der Waals surface area contributed by atoms with Crippen molar-refractivity contribution < 1.29 is 29.0 Å². The van der Waals surface area contributed by atoms with Crippen molar-refractivity contribution in [2.45, 2.75) is 89.1 Å². The van der Waals surface area contributed by atoms with Crippen molar-refractivity contribution in [2.24, 2.45) is 11.3 Å². The van der Waals surface area contributed by atoms with E-state index in [4.69, 9.17) is 4.74 Å². The number of hydrogen-bond acceptors (Lipinski definition) is 7. The van der Waals surface area contributed by atoms with Crippen molar-refractivity contribution in [2.75, 3.05) is 6.54 Å². The molecule has 230 valence electrons. The number of ether oxygens (including phenoxy) is 1. The molecule has 12 heteroatoms. The van der Waals surface area contributed by atoms with Gasteiger partial charge in [0.25, 0.3) is 0 Å². The lowest BCUT2D eigenvalue weighted by Crippen LogP contribution is -2.59. The molecule has 2 aromatic rings. The molecule has 5 rings (SSSR count). The van der Waals surface area contributed by atoms with E-state index < -0.39 is 58.9 Å². The molecule has 5 atom stereocenters. The molecule has 3 aliphatic rings. The summed E-state index contributed by atoms with van der Waals surface area (Å²) >= 11 is 0. The average molecular weight is 593 g/mol. The maximum Gasteiger partial charge on any atom is 0.408 e. The molecular weight excluding hydrogens is 552 g/mol. The molecule has 2 aliphatic carbocycles. The van der Waals surface area contributed by atoms with Crippen LogP contribution in [0, 0.1) is 11.3 Å². The minimum atomic E-state index is -1.45. The molecule has 1 saturated heterocycles. The highest BCUT2D eigenvalue weighted by Gasteiger charge is 2.61. The summed E-state index contributed by atoms with van der Waals surface area (Å²) in [5, 5.41) is 24.0. The van der Waals surface area contributed by atoms with Gasteiger partial charge in [0.1, 0.15) is 29.4 Å². The zero-order chi connectivity index (χ0) is 30.9. The zero-order valence-corrected chi connectivity index (χ0v) is 24.9.